The summed E-state index contributed by atoms with van der Waals surface area (Å²) in [4.78, 5) is 11.3. The average molecular weight is 289 g/mol. The van der Waals surface area contributed by atoms with Crippen LogP contribution in [0.2, 0.25) is 0 Å². The highest BCUT2D eigenvalue weighted by Crippen LogP contribution is 2.33. The van der Waals surface area contributed by atoms with E-state index in [9.17, 15) is 13.6 Å². The summed E-state index contributed by atoms with van der Waals surface area (Å²) in [5.74, 6) is -1.58. The van der Waals surface area contributed by atoms with Crippen LogP contribution in [-0.2, 0) is 9.53 Å². The molecule has 0 saturated carbocycles. The summed E-state index contributed by atoms with van der Waals surface area (Å²) in [6, 6.07) is 0.727. The first kappa shape index (κ1) is 16.2. The number of nitrogens with two attached hydrogens (primary N) is 1. The van der Waals surface area contributed by atoms with Crippen LogP contribution >= 0.6 is 0 Å². The van der Waals surface area contributed by atoms with Gasteiger partial charge in [0.1, 0.15) is 5.82 Å². The highest BCUT2D eigenvalue weighted by Gasteiger charge is 2.30. The molecule has 5 nitrogen and oxygen atoms in total. The Morgan fingerprint density at radius 1 is 1.30 bits per heavy atom. The van der Waals surface area contributed by atoms with Crippen LogP contribution in [0.3, 0.4) is 0 Å². The van der Waals surface area contributed by atoms with Crippen molar-refractivity contribution >= 4 is 5.97 Å². The number of halogens is 2. The lowest BCUT2D eigenvalue weighted by Gasteiger charge is -2.18. The first-order chi connectivity index (χ1) is 9.46. The lowest BCUT2D eigenvalue weighted by atomic mass is 10.0. The Morgan fingerprint density at radius 3 is 2.35 bits per heavy atom. The van der Waals surface area contributed by atoms with Crippen LogP contribution in [0.5, 0.6) is 11.5 Å². The monoisotopic (exact) mass is 289 g/mol. The maximum atomic E-state index is 13.9. The van der Waals surface area contributed by atoms with Gasteiger partial charge in [0.15, 0.2) is 11.5 Å². The summed E-state index contributed by atoms with van der Waals surface area (Å²) in [6.45, 7) is 1.55. The van der Waals surface area contributed by atoms with Crippen molar-refractivity contribution in [3.05, 3.63) is 23.5 Å². The Labute approximate surface area is 115 Å². The van der Waals surface area contributed by atoms with E-state index in [4.69, 9.17) is 15.2 Å². The van der Waals surface area contributed by atoms with Gasteiger partial charge >= 0.3 is 5.97 Å². The topological polar surface area (TPSA) is 70.8 Å². The van der Waals surface area contributed by atoms with Gasteiger partial charge in [0.05, 0.1) is 26.9 Å². The summed E-state index contributed by atoms with van der Waals surface area (Å²) in [5, 5.41) is 0. The molecule has 0 saturated heterocycles. The lowest BCUT2D eigenvalue weighted by Crippen LogP contribution is -2.32. The molecule has 1 aromatic rings. The van der Waals surface area contributed by atoms with Crippen LogP contribution in [0, 0.1) is 5.82 Å². The highest BCUT2D eigenvalue weighted by molar-refractivity contribution is 5.75. The molecule has 0 aliphatic rings. The Hall–Kier alpha value is -1.89. The molecule has 0 aliphatic heterocycles. The van der Waals surface area contributed by atoms with Crippen LogP contribution in [0.1, 0.15) is 18.5 Å². The van der Waals surface area contributed by atoms with Gasteiger partial charge in [-0.1, -0.05) is 0 Å². The number of alkyl halides is 1. The third kappa shape index (κ3) is 3.36. The Morgan fingerprint density at radius 2 is 1.85 bits per heavy atom. The number of ether oxygens (including phenoxy) is 3. The summed E-state index contributed by atoms with van der Waals surface area (Å²) in [7, 11) is 2.69. The number of rotatable bonds is 6. The second-order valence-corrected chi connectivity index (χ2v) is 3.91. The predicted molar refractivity (Wildman–Crippen MR) is 68.0 cm³/mol. The van der Waals surface area contributed by atoms with Crippen LogP contribution < -0.4 is 15.2 Å². The maximum absolute atomic E-state index is 13.9. The Bertz CT molecular complexity index is 482. The minimum atomic E-state index is -2.16. The van der Waals surface area contributed by atoms with E-state index in [1.54, 1.807) is 0 Å². The zero-order valence-corrected chi connectivity index (χ0v) is 11.5. The van der Waals surface area contributed by atoms with Gasteiger partial charge in [-0.2, -0.15) is 0 Å². The highest BCUT2D eigenvalue weighted by atomic mass is 19.1. The van der Waals surface area contributed by atoms with Crippen molar-refractivity contribution in [3.8, 4) is 11.5 Å². The second-order valence-electron chi connectivity index (χ2n) is 3.91. The number of benzene rings is 1. The van der Waals surface area contributed by atoms with Crippen molar-refractivity contribution in [1.82, 2.24) is 0 Å². The lowest BCUT2D eigenvalue weighted by molar-refractivity contribution is -0.149. The molecule has 0 amide bonds. The van der Waals surface area contributed by atoms with Gasteiger partial charge in [-0.25, -0.2) is 13.6 Å². The third-order valence-corrected chi connectivity index (χ3v) is 2.69. The molecule has 1 aromatic carbocycles. The molecule has 0 aromatic heterocycles. The van der Waals surface area contributed by atoms with Crippen LogP contribution in [0.25, 0.3) is 0 Å². The van der Waals surface area contributed by atoms with Crippen LogP contribution in [0.4, 0.5) is 8.78 Å². The largest absolute Gasteiger partial charge is 0.493 e. The molecule has 20 heavy (non-hydrogen) atoms. The van der Waals surface area contributed by atoms with E-state index in [1.165, 1.54) is 27.2 Å². The fraction of sp³-hybridized carbons (Fsp3) is 0.462. The van der Waals surface area contributed by atoms with E-state index in [-0.39, 0.29) is 23.7 Å². The molecular formula is C13H17F2NO4. The fourth-order valence-electron chi connectivity index (χ4n) is 1.65. The zero-order chi connectivity index (χ0) is 15.3. The first-order valence-corrected chi connectivity index (χ1v) is 5.93. The summed E-state index contributed by atoms with van der Waals surface area (Å²) in [6.07, 6.45) is -2.16. The van der Waals surface area contributed by atoms with Crippen LogP contribution in [-0.4, -0.2) is 33.0 Å². The smallest absolute Gasteiger partial charge is 0.342 e. The maximum Gasteiger partial charge on any atom is 0.342 e. The SMILES string of the molecule is CCOC(=O)C(F)[C@H](N)c1cc(OC)c(OC)cc1F. The molecular weight excluding hydrogens is 272 g/mol. The van der Waals surface area contributed by atoms with Crippen molar-refractivity contribution in [2.24, 2.45) is 5.73 Å². The van der Waals surface area contributed by atoms with Crippen molar-refractivity contribution in [2.45, 2.75) is 19.1 Å². The number of hydrogen-bond donors (Lipinski definition) is 1. The number of carbonyl (C=O) groups excluding carboxylic acids is 1. The second kappa shape index (κ2) is 7.04. The standard InChI is InChI=1S/C13H17F2NO4/c1-4-20-13(17)11(15)12(16)7-5-9(18-2)10(19-3)6-8(7)14/h5-6,11-12H,4,16H2,1-3H3/t11?,12-/m1/s1. The summed E-state index contributed by atoms with van der Waals surface area (Å²) in [5.41, 5.74) is 5.38. The van der Waals surface area contributed by atoms with Gasteiger partial charge in [-0.05, 0) is 13.0 Å². The van der Waals surface area contributed by atoms with Gasteiger partial charge in [0, 0.05) is 11.6 Å². The molecule has 2 N–H and O–H groups in total. The molecule has 0 radical (unpaired) electrons. The number of esters is 1. The molecule has 7 heteroatoms. The minimum Gasteiger partial charge on any atom is -0.493 e. The van der Waals surface area contributed by atoms with Gasteiger partial charge in [0.2, 0.25) is 6.17 Å². The molecule has 1 rings (SSSR count). The number of hydrogen-bond acceptors (Lipinski definition) is 5. The minimum absolute atomic E-state index is 0.0143. The number of carbonyl (C=O) groups is 1. The van der Waals surface area contributed by atoms with E-state index in [1.807, 2.05) is 0 Å². The summed E-state index contributed by atoms with van der Waals surface area (Å²) >= 11 is 0. The van der Waals surface area contributed by atoms with Crippen molar-refractivity contribution in [3.63, 3.8) is 0 Å². The molecule has 112 valence electrons. The molecule has 0 fully saturated rings. The zero-order valence-electron chi connectivity index (χ0n) is 11.5. The van der Waals surface area contributed by atoms with E-state index in [2.05, 4.69) is 4.74 Å². The van der Waals surface area contributed by atoms with Gasteiger partial charge in [0.25, 0.3) is 0 Å². The summed E-state index contributed by atoms with van der Waals surface area (Å²) < 4.78 is 42.1. The van der Waals surface area contributed by atoms with E-state index < -0.39 is 24.0 Å². The van der Waals surface area contributed by atoms with Crippen molar-refractivity contribution < 1.29 is 27.8 Å². The van der Waals surface area contributed by atoms with Gasteiger partial charge < -0.3 is 19.9 Å². The molecule has 0 heterocycles. The molecule has 0 bridgehead atoms. The Kier molecular flexibility index (Phi) is 5.69. The van der Waals surface area contributed by atoms with Gasteiger partial charge in [-0.15, -0.1) is 0 Å². The van der Waals surface area contributed by atoms with E-state index in [0.29, 0.717) is 0 Å². The van der Waals surface area contributed by atoms with E-state index >= 15 is 0 Å². The quantitative estimate of drug-likeness (QED) is 0.808. The molecule has 0 aliphatic carbocycles. The van der Waals surface area contributed by atoms with Gasteiger partial charge in [-0.3, -0.25) is 0 Å². The Balaban J connectivity index is 3.09. The first-order valence-electron chi connectivity index (χ1n) is 5.93. The predicted octanol–water partition coefficient (Wildman–Crippen LogP) is 1.74. The third-order valence-electron chi connectivity index (χ3n) is 2.69. The fourth-order valence-corrected chi connectivity index (χ4v) is 1.65. The average Bonchev–Trinajstić information content (AvgIpc) is 2.45. The van der Waals surface area contributed by atoms with E-state index in [0.717, 1.165) is 6.07 Å². The van der Waals surface area contributed by atoms with Crippen molar-refractivity contribution in [2.75, 3.05) is 20.8 Å². The molecule has 1 unspecified atom stereocenters. The normalized spacial score (nSPS) is 13.5. The van der Waals surface area contributed by atoms with Crippen LogP contribution in [0.15, 0.2) is 12.1 Å². The van der Waals surface area contributed by atoms with Crippen molar-refractivity contribution in [1.29, 1.82) is 0 Å². The number of methoxy groups -OCH3 is 2. The molecule has 0 spiro atoms. The molecule has 2 atom stereocenters.